The van der Waals surface area contributed by atoms with Gasteiger partial charge in [-0.1, -0.05) is 12.1 Å². The van der Waals surface area contributed by atoms with E-state index in [0.717, 1.165) is 21.4 Å². The van der Waals surface area contributed by atoms with Crippen molar-refractivity contribution in [2.75, 3.05) is 11.9 Å². The Labute approximate surface area is 186 Å². The van der Waals surface area contributed by atoms with Crippen LogP contribution in [0.4, 0.5) is 5.69 Å². The molecule has 0 unspecified atom stereocenters. The van der Waals surface area contributed by atoms with Gasteiger partial charge in [-0.2, -0.15) is 10.2 Å². The maximum absolute atomic E-state index is 12.4. The molecule has 0 saturated carbocycles. The van der Waals surface area contributed by atoms with Gasteiger partial charge in [-0.15, -0.1) is 0 Å². The van der Waals surface area contributed by atoms with Gasteiger partial charge in [0.1, 0.15) is 12.1 Å². The predicted octanol–water partition coefficient (Wildman–Crippen LogP) is 3.48. The first kappa shape index (κ1) is 20.7. The fraction of sp³-hybridized carbons (Fsp3) is 0.190. The highest BCUT2D eigenvalue weighted by Crippen LogP contribution is 2.24. The van der Waals surface area contributed by atoms with Crippen molar-refractivity contribution in [3.63, 3.8) is 0 Å². The van der Waals surface area contributed by atoms with Crippen LogP contribution in [0.25, 0.3) is 16.9 Å². The average Bonchev–Trinajstić information content (AvgIpc) is 3.31. The lowest BCUT2D eigenvalue weighted by Crippen LogP contribution is -2.19. The predicted molar refractivity (Wildman–Crippen MR) is 118 cm³/mol. The van der Waals surface area contributed by atoms with Gasteiger partial charge in [0.15, 0.2) is 5.65 Å². The smallest absolute Gasteiger partial charge is 0.343 e. The summed E-state index contributed by atoms with van der Waals surface area (Å²) in [6, 6.07) is 9.16. The van der Waals surface area contributed by atoms with Gasteiger partial charge in [-0.3, -0.25) is 9.48 Å². The molecule has 31 heavy (non-hydrogen) atoms. The van der Waals surface area contributed by atoms with Crippen LogP contribution in [0.1, 0.15) is 23.0 Å². The number of nitrogens with one attached hydrogen (secondary N) is 1. The van der Waals surface area contributed by atoms with Crippen LogP contribution in [0.15, 0.2) is 53.4 Å². The van der Waals surface area contributed by atoms with E-state index in [2.05, 4.69) is 36.4 Å². The van der Waals surface area contributed by atoms with Crippen molar-refractivity contribution in [3.8, 4) is 11.3 Å². The van der Waals surface area contributed by atoms with E-state index in [9.17, 15) is 9.59 Å². The fourth-order valence-corrected chi connectivity index (χ4v) is 3.46. The van der Waals surface area contributed by atoms with Gasteiger partial charge < -0.3 is 10.1 Å². The van der Waals surface area contributed by atoms with E-state index in [4.69, 9.17) is 4.74 Å². The summed E-state index contributed by atoms with van der Waals surface area (Å²) < 4.78 is 9.08. The maximum atomic E-state index is 12.4. The van der Waals surface area contributed by atoms with Gasteiger partial charge in [0, 0.05) is 23.6 Å². The van der Waals surface area contributed by atoms with Crippen molar-refractivity contribution in [1.29, 1.82) is 0 Å². The number of halogens is 1. The minimum Gasteiger partial charge on any atom is -0.462 e. The molecule has 0 aliphatic carbocycles. The van der Waals surface area contributed by atoms with Gasteiger partial charge in [-0.05, 0) is 48.0 Å². The van der Waals surface area contributed by atoms with Gasteiger partial charge in [0.2, 0.25) is 5.91 Å². The summed E-state index contributed by atoms with van der Waals surface area (Å²) in [6.45, 7) is 3.97. The highest BCUT2D eigenvalue weighted by molar-refractivity contribution is 9.10. The van der Waals surface area contributed by atoms with Crippen LogP contribution in [0.2, 0.25) is 0 Å². The molecular weight excluding hydrogens is 464 g/mol. The van der Waals surface area contributed by atoms with Crippen molar-refractivity contribution in [1.82, 2.24) is 24.4 Å². The summed E-state index contributed by atoms with van der Waals surface area (Å²) in [5.41, 5.74) is 3.69. The number of rotatable bonds is 6. The van der Waals surface area contributed by atoms with E-state index in [0.29, 0.717) is 16.9 Å². The quantitative estimate of drug-likeness (QED) is 0.422. The average molecular weight is 483 g/mol. The molecule has 4 aromatic rings. The largest absolute Gasteiger partial charge is 0.462 e. The number of carbonyl (C=O) groups is 2. The topological polar surface area (TPSA) is 103 Å². The van der Waals surface area contributed by atoms with E-state index < -0.39 is 5.97 Å². The minimum atomic E-state index is -0.469. The van der Waals surface area contributed by atoms with Crippen LogP contribution in [0, 0.1) is 6.92 Å². The van der Waals surface area contributed by atoms with Crippen LogP contribution in [0.5, 0.6) is 0 Å². The summed E-state index contributed by atoms with van der Waals surface area (Å²) in [6.07, 6.45) is 4.82. The lowest BCUT2D eigenvalue weighted by molar-refractivity contribution is -0.116. The molecule has 0 spiro atoms. The zero-order chi connectivity index (χ0) is 22.0. The van der Waals surface area contributed by atoms with Crippen LogP contribution in [-0.4, -0.2) is 42.9 Å². The lowest BCUT2D eigenvalue weighted by atomic mass is 10.1. The van der Waals surface area contributed by atoms with Crippen molar-refractivity contribution in [3.05, 3.63) is 64.7 Å². The molecule has 1 aromatic carbocycles. The summed E-state index contributed by atoms with van der Waals surface area (Å²) in [7, 11) is 0. The molecule has 0 aliphatic rings. The van der Waals surface area contributed by atoms with Gasteiger partial charge in [-0.25, -0.2) is 14.3 Å². The molecule has 1 amide bonds. The lowest BCUT2D eigenvalue weighted by Gasteiger charge is -2.09. The van der Waals surface area contributed by atoms with E-state index >= 15 is 0 Å². The minimum absolute atomic E-state index is 0.0955. The molecule has 0 radical (unpaired) electrons. The third kappa shape index (κ3) is 4.33. The Hall–Kier alpha value is -3.53. The second kappa shape index (κ2) is 8.68. The van der Waals surface area contributed by atoms with Gasteiger partial charge >= 0.3 is 5.97 Å². The van der Waals surface area contributed by atoms with E-state index in [1.54, 1.807) is 40.6 Å². The number of hydrogen-bond donors (Lipinski definition) is 1. The maximum Gasteiger partial charge on any atom is 0.343 e. The number of carbonyl (C=O) groups excluding carboxylic acids is 2. The second-order valence-corrected chi connectivity index (χ2v) is 7.59. The number of aromatic nitrogens is 5. The molecule has 3 aromatic heterocycles. The number of aryl methyl sites for hydroxylation is 1. The molecule has 0 fully saturated rings. The Morgan fingerprint density at radius 2 is 2.10 bits per heavy atom. The van der Waals surface area contributed by atoms with E-state index in [1.165, 1.54) is 6.20 Å². The molecule has 0 aliphatic heterocycles. The summed E-state index contributed by atoms with van der Waals surface area (Å²) in [4.78, 5) is 28.9. The molecule has 9 nitrogen and oxygen atoms in total. The number of esters is 1. The molecule has 158 valence electrons. The fourth-order valence-electron chi connectivity index (χ4n) is 3.14. The normalized spacial score (nSPS) is 10.9. The number of ether oxygens (including phenoxy) is 1. The molecule has 4 rings (SSSR count). The molecular formula is C21H19BrN6O3. The van der Waals surface area contributed by atoms with Crippen molar-refractivity contribution in [2.24, 2.45) is 0 Å². The van der Waals surface area contributed by atoms with Gasteiger partial charge in [0.05, 0.1) is 28.7 Å². The standard InChI is InChI=1S/C21H19BrN6O3/c1-3-31-21(30)16-10-24-28-18(7-8-23-20(16)28)14-5-4-6-15(9-14)25-19(29)12-27-11-17(22)13(2)26-27/h4-11H,3,12H2,1-2H3,(H,25,29). The SMILES string of the molecule is CCOC(=O)c1cnn2c(-c3cccc(NC(=O)Cn4cc(Br)c(C)n4)c3)ccnc12. The highest BCUT2D eigenvalue weighted by atomic mass is 79.9. The number of hydrogen-bond acceptors (Lipinski definition) is 6. The Balaban J connectivity index is 1.59. The second-order valence-electron chi connectivity index (χ2n) is 6.73. The number of fused-ring (bicyclic) bond motifs is 1. The van der Waals surface area contributed by atoms with Crippen molar-refractivity contribution in [2.45, 2.75) is 20.4 Å². The van der Waals surface area contributed by atoms with E-state index in [1.807, 2.05) is 25.1 Å². The first-order valence-corrected chi connectivity index (χ1v) is 10.3. The highest BCUT2D eigenvalue weighted by Gasteiger charge is 2.17. The van der Waals surface area contributed by atoms with Crippen LogP contribution < -0.4 is 5.32 Å². The van der Waals surface area contributed by atoms with Crippen LogP contribution >= 0.6 is 15.9 Å². The van der Waals surface area contributed by atoms with Crippen LogP contribution in [0.3, 0.4) is 0 Å². The molecule has 3 heterocycles. The first-order valence-electron chi connectivity index (χ1n) is 9.56. The monoisotopic (exact) mass is 482 g/mol. The number of amides is 1. The number of nitrogens with zero attached hydrogens (tertiary/aromatic N) is 5. The first-order chi connectivity index (χ1) is 15.0. The van der Waals surface area contributed by atoms with Crippen LogP contribution in [-0.2, 0) is 16.1 Å². The molecule has 1 N–H and O–H groups in total. The van der Waals surface area contributed by atoms with Crippen molar-refractivity contribution >= 4 is 39.1 Å². The Bertz CT molecular complexity index is 1260. The molecule has 0 atom stereocenters. The number of anilines is 1. The summed E-state index contributed by atoms with van der Waals surface area (Å²) in [5.74, 6) is -0.667. The third-order valence-corrected chi connectivity index (χ3v) is 5.31. The molecule has 0 saturated heterocycles. The molecule has 10 heteroatoms. The van der Waals surface area contributed by atoms with Gasteiger partial charge in [0.25, 0.3) is 0 Å². The molecule has 0 bridgehead atoms. The zero-order valence-corrected chi connectivity index (χ0v) is 18.5. The summed E-state index contributed by atoms with van der Waals surface area (Å²) >= 11 is 3.39. The third-order valence-electron chi connectivity index (χ3n) is 4.53. The Kier molecular flexibility index (Phi) is 5.81. The van der Waals surface area contributed by atoms with E-state index in [-0.39, 0.29) is 19.1 Å². The van der Waals surface area contributed by atoms with Crippen molar-refractivity contribution < 1.29 is 14.3 Å². The Morgan fingerprint density at radius 1 is 1.26 bits per heavy atom. The Morgan fingerprint density at radius 3 is 2.84 bits per heavy atom. The summed E-state index contributed by atoms with van der Waals surface area (Å²) in [5, 5.41) is 11.5. The zero-order valence-electron chi connectivity index (χ0n) is 16.9. The number of benzene rings is 1.